The summed E-state index contributed by atoms with van der Waals surface area (Å²) in [5, 5.41) is 3.15. The normalized spacial score (nSPS) is 28.9. The molecule has 2 aliphatic rings. The molecule has 1 spiro atoms. The van der Waals surface area contributed by atoms with Crippen LogP contribution in [-0.4, -0.2) is 11.4 Å². The van der Waals surface area contributed by atoms with Gasteiger partial charge in [0, 0.05) is 12.0 Å². The first-order chi connectivity index (χ1) is 5.31. The molecule has 0 radical (unpaired) electrons. The number of hydrogen-bond donors (Lipinski definition) is 1. The molecule has 1 aliphatic heterocycles. The molecular formula is C9H15NO. The lowest BCUT2D eigenvalue weighted by atomic mass is 9.74. The lowest BCUT2D eigenvalue weighted by molar-refractivity contribution is -0.123. The Balaban J connectivity index is 2.03. The molecule has 2 rings (SSSR count). The van der Waals surface area contributed by atoms with E-state index in [0.29, 0.717) is 0 Å². The lowest BCUT2D eigenvalue weighted by Gasteiger charge is -2.41. The average Bonchev–Trinajstić information content (AvgIpc) is 2.09. The average molecular weight is 153 g/mol. The van der Waals surface area contributed by atoms with Gasteiger partial charge in [0.1, 0.15) is 0 Å². The largest absolute Gasteiger partial charge is 0.351 e. The van der Waals surface area contributed by atoms with E-state index in [1.165, 1.54) is 32.1 Å². The van der Waals surface area contributed by atoms with E-state index in [1.54, 1.807) is 0 Å². The van der Waals surface area contributed by atoms with Crippen LogP contribution in [0.15, 0.2) is 0 Å². The molecular weight excluding hydrogens is 138 g/mol. The maximum absolute atomic E-state index is 11.2. The summed E-state index contributed by atoms with van der Waals surface area (Å²) in [4.78, 5) is 11.2. The first-order valence-corrected chi connectivity index (χ1v) is 4.62. The van der Waals surface area contributed by atoms with Crippen LogP contribution in [0.2, 0.25) is 0 Å². The van der Waals surface area contributed by atoms with Gasteiger partial charge in [-0.2, -0.15) is 0 Å². The molecule has 1 amide bonds. The first kappa shape index (κ1) is 7.14. The van der Waals surface area contributed by atoms with E-state index in [2.05, 4.69) is 5.32 Å². The molecule has 1 heterocycles. The van der Waals surface area contributed by atoms with Gasteiger partial charge in [-0.05, 0) is 32.1 Å². The van der Waals surface area contributed by atoms with Crippen LogP contribution in [0.5, 0.6) is 0 Å². The zero-order valence-corrected chi connectivity index (χ0v) is 6.86. The topological polar surface area (TPSA) is 29.1 Å². The molecule has 1 saturated carbocycles. The van der Waals surface area contributed by atoms with Crippen molar-refractivity contribution in [3.05, 3.63) is 0 Å². The van der Waals surface area contributed by atoms with Crippen molar-refractivity contribution >= 4 is 5.91 Å². The Morgan fingerprint density at radius 2 is 1.82 bits per heavy atom. The van der Waals surface area contributed by atoms with Gasteiger partial charge < -0.3 is 5.32 Å². The van der Waals surface area contributed by atoms with Gasteiger partial charge >= 0.3 is 0 Å². The smallest absolute Gasteiger partial charge is 0.220 e. The molecule has 1 N–H and O–H groups in total. The van der Waals surface area contributed by atoms with E-state index in [4.69, 9.17) is 0 Å². The van der Waals surface area contributed by atoms with Gasteiger partial charge in [0.15, 0.2) is 0 Å². The maximum atomic E-state index is 11.2. The minimum absolute atomic E-state index is 0.258. The van der Waals surface area contributed by atoms with Crippen LogP contribution < -0.4 is 5.32 Å². The van der Waals surface area contributed by atoms with Crippen LogP contribution in [-0.2, 0) is 4.79 Å². The fraction of sp³-hybridized carbons (Fsp3) is 0.889. The molecule has 0 atom stereocenters. The molecule has 1 saturated heterocycles. The van der Waals surface area contributed by atoms with E-state index in [0.717, 1.165) is 12.8 Å². The van der Waals surface area contributed by atoms with Gasteiger partial charge in [-0.1, -0.05) is 6.42 Å². The van der Waals surface area contributed by atoms with Crippen LogP contribution in [0, 0.1) is 0 Å². The summed E-state index contributed by atoms with van der Waals surface area (Å²) in [6, 6.07) is 0. The minimum Gasteiger partial charge on any atom is -0.351 e. The molecule has 0 aromatic carbocycles. The van der Waals surface area contributed by atoms with Gasteiger partial charge in [0.2, 0.25) is 5.91 Å². The number of rotatable bonds is 0. The zero-order chi connectivity index (χ0) is 7.73. The van der Waals surface area contributed by atoms with Crippen LogP contribution in [0.3, 0.4) is 0 Å². The highest BCUT2D eigenvalue weighted by Crippen LogP contribution is 2.37. The zero-order valence-electron chi connectivity index (χ0n) is 6.86. The van der Waals surface area contributed by atoms with Crippen molar-refractivity contribution in [1.29, 1.82) is 0 Å². The molecule has 11 heavy (non-hydrogen) atoms. The van der Waals surface area contributed by atoms with Crippen molar-refractivity contribution in [3.8, 4) is 0 Å². The fourth-order valence-corrected chi connectivity index (χ4v) is 2.15. The van der Waals surface area contributed by atoms with Crippen molar-refractivity contribution in [1.82, 2.24) is 5.32 Å². The van der Waals surface area contributed by atoms with Gasteiger partial charge in [0.25, 0.3) is 0 Å². The Labute approximate surface area is 67.4 Å². The summed E-state index contributed by atoms with van der Waals surface area (Å²) < 4.78 is 0. The summed E-state index contributed by atoms with van der Waals surface area (Å²) in [5.74, 6) is 0.280. The fourth-order valence-electron chi connectivity index (χ4n) is 2.15. The molecule has 0 aromatic rings. The van der Waals surface area contributed by atoms with E-state index >= 15 is 0 Å². The number of amides is 1. The van der Waals surface area contributed by atoms with Gasteiger partial charge in [-0.15, -0.1) is 0 Å². The van der Waals surface area contributed by atoms with Gasteiger partial charge in [0.05, 0.1) is 0 Å². The monoisotopic (exact) mass is 153 g/mol. The Hall–Kier alpha value is -0.530. The molecule has 0 bridgehead atoms. The second kappa shape index (κ2) is 2.50. The molecule has 0 aromatic heterocycles. The van der Waals surface area contributed by atoms with E-state index < -0.39 is 0 Å². The van der Waals surface area contributed by atoms with E-state index in [1.807, 2.05) is 0 Å². The third kappa shape index (κ3) is 1.26. The summed E-state index contributed by atoms with van der Waals surface area (Å²) in [5.41, 5.74) is 0.258. The Bertz CT molecular complexity index is 172. The number of nitrogens with one attached hydrogen (secondary N) is 1. The van der Waals surface area contributed by atoms with Crippen molar-refractivity contribution < 1.29 is 4.79 Å². The highest BCUT2D eigenvalue weighted by molar-refractivity contribution is 5.77. The SMILES string of the molecule is O=C1CCCCC2(CCC2)N1. The van der Waals surface area contributed by atoms with Crippen LogP contribution >= 0.6 is 0 Å². The van der Waals surface area contributed by atoms with Crippen LogP contribution in [0.1, 0.15) is 44.9 Å². The Kier molecular flexibility index (Phi) is 1.63. The van der Waals surface area contributed by atoms with Crippen molar-refractivity contribution in [2.45, 2.75) is 50.5 Å². The third-order valence-electron chi connectivity index (χ3n) is 3.02. The molecule has 2 fully saturated rings. The molecule has 2 nitrogen and oxygen atoms in total. The van der Waals surface area contributed by atoms with Gasteiger partial charge in [-0.25, -0.2) is 0 Å². The minimum atomic E-state index is 0.258. The molecule has 2 heteroatoms. The van der Waals surface area contributed by atoms with Gasteiger partial charge in [-0.3, -0.25) is 4.79 Å². The van der Waals surface area contributed by atoms with Crippen LogP contribution in [0.4, 0.5) is 0 Å². The number of carbonyl (C=O) groups is 1. The third-order valence-corrected chi connectivity index (χ3v) is 3.02. The highest BCUT2D eigenvalue weighted by Gasteiger charge is 2.38. The summed E-state index contributed by atoms with van der Waals surface area (Å²) in [7, 11) is 0. The van der Waals surface area contributed by atoms with E-state index in [-0.39, 0.29) is 11.4 Å². The summed E-state index contributed by atoms with van der Waals surface area (Å²) in [6.07, 6.45) is 8.05. The molecule has 0 unspecified atom stereocenters. The highest BCUT2D eigenvalue weighted by atomic mass is 16.1. The predicted molar refractivity (Wildman–Crippen MR) is 43.2 cm³/mol. The van der Waals surface area contributed by atoms with Crippen molar-refractivity contribution in [2.75, 3.05) is 0 Å². The van der Waals surface area contributed by atoms with E-state index in [9.17, 15) is 4.79 Å². The predicted octanol–water partition coefficient (Wildman–Crippen LogP) is 1.60. The second-order valence-electron chi connectivity index (χ2n) is 3.89. The molecule has 1 aliphatic carbocycles. The number of hydrogen-bond acceptors (Lipinski definition) is 1. The summed E-state index contributed by atoms with van der Waals surface area (Å²) >= 11 is 0. The summed E-state index contributed by atoms with van der Waals surface area (Å²) in [6.45, 7) is 0. The Morgan fingerprint density at radius 1 is 1.09 bits per heavy atom. The first-order valence-electron chi connectivity index (χ1n) is 4.62. The maximum Gasteiger partial charge on any atom is 0.220 e. The Morgan fingerprint density at radius 3 is 2.45 bits per heavy atom. The standard InChI is InChI=1S/C9H15NO/c11-8-4-1-2-5-9(10-8)6-3-7-9/h1-7H2,(H,10,11). The number of carbonyl (C=O) groups excluding carboxylic acids is 1. The quantitative estimate of drug-likeness (QED) is 0.562. The van der Waals surface area contributed by atoms with Crippen molar-refractivity contribution in [3.63, 3.8) is 0 Å². The second-order valence-corrected chi connectivity index (χ2v) is 3.89. The van der Waals surface area contributed by atoms with Crippen molar-refractivity contribution in [2.24, 2.45) is 0 Å². The lowest BCUT2D eigenvalue weighted by Crippen LogP contribution is -2.52. The molecule has 62 valence electrons. The van der Waals surface area contributed by atoms with Crippen LogP contribution in [0.25, 0.3) is 0 Å².